The molecule has 3 rings (SSSR count). The van der Waals surface area contributed by atoms with E-state index in [0.29, 0.717) is 25.9 Å². The van der Waals surface area contributed by atoms with Crippen LogP contribution in [0, 0.1) is 5.41 Å². The molecule has 2 aromatic rings. The van der Waals surface area contributed by atoms with Gasteiger partial charge in [-0.25, -0.2) is 0 Å². The molecule has 4 nitrogen and oxygen atoms in total. The summed E-state index contributed by atoms with van der Waals surface area (Å²) in [6.45, 7) is 3.85. The summed E-state index contributed by atoms with van der Waals surface area (Å²) in [6, 6.07) is 19.9. The van der Waals surface area contributed by atoms with Gasteiger partial charge in [-0.2, -0.15) is 0 Å². The van der Waals surface area contributed by atoms with E-state index < -0.39 is 11.4 Å². The maximum atomic E-state index is 12.9. The first kappa shape index (κ1) is 18.3. The number of nitrogens with zero attached hydrogens (tertiary/aromatic N) is 1. The normalized spacial score (nSPS) is 20.7. The van der Waals surface area contributed by atoms with Gasteiger partial charge in [-0.05, 0) is 24.5 Å². The molecule has 0 radical (unpaired) electrons. The first-order valence-electron chi connectivity index (χ1n) is 9.15. The highest BCUT2D eigenvalue weighted by Crippen LogP contribution is 2.33. The molecule has 0 N–H and O–H groups in total. The van der Waals surface area contributed by atoms with E-state index in [1.54, 1.807) is 6.92 Å². The number of ketones is 1. The van der Waals surface area contributed by atoms with Gasteiger partial charge in [-0.15, -0.1) is 0 Å². The van der Waals surface area contributed by atoms with Gasteiger partial charge in [0.05, 0.1) is 6.61 Å². The summed E-state index contributed by atoms with van der Waals surface area (Å²) in [4.78, 5) is 28.0. The van der Waals surface area contributed by atoms with E-state index in [9.17, 15) is 9.59 Å². The van der Waals surface area contributed by atoms with Crippen LogP contribution in [-0.2, 0) is 27.3 Å². The third kappa shape index (κ3) is 4.02. The Morgan fingerprint density at radius 1 is 1.04 bits per heavy atom. The van der Waals surface area contributed by atoms with Gasteiger partial charge < -0.3 is 4.74 Å². The second-order valence-corrected chi connectivity index (χ2v) is 6.83. The molecule has 0 saturated carbocycles. The summed E-state index contributed by atoms with van der Waals surface area (Å²) in [5.74, 6) is -0.407. The number of rotatable bonds is 6. The monoisotopic (exact) mass is 351 g/mol. The quantitative estimate of drug-likeness (QED) is 0.592. The molecule has 1 aliphatic heterocycles. The molecule has 26 heavy (non-hydrogen) atoms. The van der Waals surface area contributed by atoms with Crippen LogP contribution in [-0.4, -0.2) is 36.3 Å². The maximum Gasteiger partial charge on any atom is 0.321 e. The van der Waals surface area contributed by atoms with E-state index in [1.165, 1.54) is 5.56 Å². The van der Waals surface area contributed by atoms with E-state index in [1.807, 2.05) is 48.5 Å². The van der Waals surface area contributed by atoms with Crippen molar-refractivity contribution in [3.8, 4) is 0 Å². The number of carbonyl (C=O) groups is 2. The van der Waals surface area contributed by atoms with Gasteiger partial charge in [-0.3, -0.25) is 14.5 Å². The van der Waals surface area contributed by atoms with Gasteiger partial charge in [0, 0.05) is 26.1 Å². The number of hydrogen-bond donors (Lipinski definition) is 0. The van der Waals surface area contributed by atoms with Gasteiger partial charge in [0.2, 0.25) is 0 Å². The fraction of sp³-hybridized carbons (Fsp3) is 0.364. The molecule has 1 aliphatic rings. The first-order chi connectivity index (χ1) is 12.6. The van der Waals surface area contributed by atoms with E-state index in [4.69, 9.17) is 4.74 Å². The molecule has 0 unspecified atom stereocenters. The highest BCUT2D eigenvalue weighted by atomic mass is 16.5. The number of carbonyl (C=O) groups excluding carboxylic acids is 2. The van der Waals surface area contributed by atoms with Gasteiger partial charge >= 0.3 is 5.97 Å². The largest absolute Gasteiger partial charge is 0.465 e. The van der Waals surface area contributed by atoms with Crippen LogP contribution in [0.1, 0.15) is 24.5 Å². The Hall–Kier alpha value is -2.46. The Morgan fingerprint density at radius 2 is 1.65 bits per heavy atom. The van der Waals surface area contributed by atoms with Gasteiger partial charge in [0.1, 0.15) is 5.41 Å². The zero-order valence-corrected chi connectivity index (χ0v) is 15.2. The Kier molecular flexibility index (Phi) is 5.84. The second-order valence-electron chi connectivity index (χ2n) is 6.83. The number of likely N-dealkylation sites (tertiary alicyclic amines) is 1. The molecular weight excluding hydrogens is 326 g/mol. The number of Topliss-reactive ketones (excluding diaryl/α,β-unsaturated/α-hetero) is 1. The molecule has 4 heteroatoms. The summed E-state index contributed by atoms with van der Waals surface area (Å²) < 4.78 is 5.34. The third-order valence-electron chi connectivity index (χ3n) is 4.95. The minimum absolute atomic E-state index is 0.0101. The molecule has 1 fully saturated rings. The zero-order valence-electron chi connectivity index (χ0n) is 15.2. The van der Waals surface area contributed by atoms with Crippen LogP contribution in [0.3, 0.4) is 0 Å². The molecule has 136 valence electrons. The highest BCUT2D eigenvalue weighted by Gasteiger charge is 2.50. The average Bonchev–Trinajstić information content (AvgIpc) is 2.66. The lowest BCUT2D eigenvalue weighted by molar-refractivity contribution is -0.164. The fourth-order valence-corrected chi connectivity index (χ4v) is 3.64. The molecule has 1 heterocycles. The minimum atomic E-state index is -1.12. The standard InChI is InChI=1S/C22H25NO3/c1-2-26-21(25)22(15-18-9-5-3-6-10-18)17-23(14-13-20(22)24)16-19-11-7-4-8-12-19/h3-12H,2,13-17H2,1H3/t22-/m1/s1. The Morgan fingerprint density at radius 3 is 2.27 bits per heavy atom. The molecule has 0 aromatic heterocycles. The average molecular weight is 351 g/mol. The molecule has 1 saturated heterocycles. The third-order valence-corrected chi connectivity index (χ3v) is 4.95. The number of hydrogen-bond acceptors (Lipinski definition) is 4. The SMILES string of the molecule is CCOC(=O)[C@]1(Cc2ccccc2)CN(Cc2ccccc2)CCC1=O. The van der Waals surface area contributed by atoms with E-state index in [2.05, 4.69) is 17.0 Å². The molecular formula is C22H25NO3. The van der Waals surface area contributed by atoms with Crippen molar-refractivity contribution in [3.63, 3.8) is 0 Å². The van der Waals surface area contributed by atoms with Crippen molar-refractivity contribution in [3.05, 3.63) is 71.8 Å². The van der Waals surface area contributed by atoms with E-state index in [-0.39, 0.29) is 12.4 Å². The maximum absolute atomic E-state index is 12.9. The molecule has 0 aliphatic carbocycles. The summed E-state index contributed by atoms with van der Waals surface area (Å²) in [6.07, 6.45) is 0.759. The predicted molar refractivity (Wildman–Crippen MR) is 101 cm³/mol. The van der Waals surface area contributed by atoms with Crippen LogP contribution >= 0.6 is 0 Å². The predicted octanol–water partition coefficient (Wildman–Crippen LogP) is 3.25. The lowest BCUT2D eigenvalue weighted by atomic mass is 9.74. The smallest absolute Gasteiger partial charge is 0.321 e. The van der Waals surface area contributed by atoms with Crippen molar-refractivity contribution < 1.29 is 14.3 Å². The number of esters is 1. The molecule has 0 bridgehead atoms. The molecule has 0 amide bonds. The van der Waals surface area contributed by atoms with Crippen LogP contribution in [0.4, 0.5) is 0 Å². The number of benzene rings is 2. The topological polar surface area (TPSA) is 46.6 Å². The second kappa shape index (κ2) is 8.28. The highest BCUT2D eigenvalue weighted by molar-refractivity contribution is 6.05. The molecule has 0 spiro atoms. The number of ether oxygens (including phenoxy) is 1. The van der Waals surface area contributed by atoms with E-state index >= 15 is 0 Å². The summed E-state index contributed by atoms with van der Waals surface area (Å²) in [5.41, 5.74) is 1.04. The van der Waals surface area contributed by atoms with Crippen molar-refractivity contribution >= 4 is 11.8 Å². The van der Waals surface area contributed by atoms with Crippen LogP contribution in [0.25, 0.3) is 0 Å². The number of piperidine rings is 1. The van der Waals surface area contributed by atoms with Crippen molar-refractivity contribution in [2.24, 2.45) is 5.41 Å². The van der Waals surface area contributed by atoms with Gasteiger partial charge in [-0.1, -0.05) is 60.7 Å². The zero-order chi connectivity index (χ0) is 18.4. The van der Waals surface area contributed by atoms with E-state index in [0.717, 1.165) is 12.1 Å². The summed E-state index contributed by atoms with van der Waals surface area (Å²) >= 11 is 0. The Balaban J connectivity index is 1.87. The van der Waals surface area contributed by atoms with Gasteiger partial charge in [0.25, 0.3) is 0 Å². The Bertz CT molecular complexity index is 744. The van der Waals surface area contributed by atoms with Crippen LogP contribution in [0.2, 0.25) is 0 Å². The molecule has 1 atom stereocenters. The van der Waals surface area contributed by atoms with Crippen LogP contribution < -0.4 is 0 Å². The van der Waals surface area contributed by atoms with Crippen LogP contribution in [0.5, 0.6) is 0 Å². The lowest BCUT2D eigenvalue weighted by Crippen LogP contribution is -2.55. The summed E-state index contributed by atoms with van der Waals surface area (Å²) in [7, 11) is 0. The van der Waals surface area contributed by atoms with Crippen LogP contribution in [0.15, 0.2) is 60.7 Å². The first-order valence-corrected chi connectivity index (χ1v) is 9.15. The minimum Gasteiger partial charge on any atom is -0.465 e. The van der Waals surface area contributed by atoms with Crippen molar-refractivity contribution in [1.29, 1.82) is 0 Å². The van der Waals surface area contributed by atoms with Crippen molar-refractivity contribution in [2.75, 3.05) is 19.7 Å². The fourth-order valence-electron chi connectivity index (χ4n) is 3.64. The Labute approximate surface area is 154 Å². The van der Waals surface area contributed by atoms with Crippen molar-refractivity contribution in [1.82, 2.24) is 4.90 Å². The lowest BCUT2D eigenvalue weighted by Gasteiger charge is -2.39. The summed E-state index contributed by atoms with van der Waals surface area (Å²) in [5, 5.41) is 0. The van der Waals surface area contributed by atoms with Gasteiger partial charge in [0.15, 0.2) is 5.78 Å². The molecule has 2 aromatic carbocycles. The van der Waals surface area contributed by atoms with Crippen molar-refractivity contribution in [2.45, 2.75) is 26.3 Å².